The summed E-state index contributed by atoms with van der Waals surface area (Å²) < 4.78 is 7.34. The lowest BCUT2D eigenvalue weighted by molar-refractivity contribution is 0.101. The van der Waals surface area contributed by atoms with E-state index in [0.29, 0.717) is 11.3 Å². The molecule has 1 aromatic rings. The van der Waals surface area contributed by atoms with Crippen LogP contribution in [0.15, 0.2) is 5.16 Å². The van der Waals surface area contributed by atoms with E-state index in [-0.39, 0.29) is 0 Å². The molecule has 0 aromatic carbocycles. The molecule has 1 unspecified atom stereocenters. The van der Waals surface area contributed by atoms with Gasteiger partial charge in [0.15, 0.2) is 0 Å². The van der Waals surface area contributed by atoms with Crippen LogP contribution < -0.4 is 5.32 Å². The molecule has 0 bridgehead atoms. The number of tetrazole rings is 1. The Morgan fingerprint density at radius 1 is 1.56 bits per heavy atom. The van der Waals surface area contributed by atoms with E-state index in [4.69, 9.17) is 4.74 Å². The first kappa shape index (κ1) is 13.8. The number of ether oxygens (including phenoxy) is 1. The molecule has 0 saturated carbocycles. The van der Waals surface area contributed by atoms with Crippen molar-refractivity contribution in [1.82, 2.24) is 25.5 Å². The smallest absolute Gasteiger partial charge is 0.209 e. The predicted molar refractivity (Wildman–Crippen MR) is 70.7 cm³/mol. The van der Waals surface area contributed by atoms with Crippen molar-refractivity contribution in [2.24, 2.45) is 0 Å². The van der Waals surface area contributed by atoms with Crippen LogP contribution in [0.1, 0.15) is 26.7 Å². The molecule has 1 atom stereocenters. The predicted octanol–water partition coefficient (Wildman–Crippen LogP) is 0.942. The molecule has 1 aromatic heterocycles. The summed E-state index contributed by atoms with van der Waals surface area (Å²) in [6.45, 7) is 7.66. The van der Waals surface area contributed by atoms with Crippen LogP contribution >= 0.6 is 11.8 Å². The Hall–Kier alpha value is -0.660. The van der Waals surface area contributed by atoms with Gasteiger partial charge in [-0.15, -0.1) is 5.10 Å². The normalized spacial score (nSPS) is 20.5. The zero-order valence-corrected chi connectivity index (χ0v) is 11.8. The highest BCUT2D eigenvalue weighted by atomic mass is 32.2. The molecule has 18 heavy (non-hydrogen) atoms. The van der Waals surface area contributed by atoms with Crippen LogP contribution in [0.4, 0.5) is 0 Å². The number of rotatable bonds is 6. The van der Waals surface area contributed by atoms with Gasteiger partial charge < -0.3 is 10.1 Å². The topological polar surface area (TPSA) is 64.9 Å². The summed E-state index contributed by atoms with van der Waals surface area (Å²) in [6.07, 6.45) is 2.32. The summed E-state index contributed by atoms with van der Waals surface area (Å²) in [6, 6.07) is 0.490. The number of nitrogens with one attached hydrogen (secondary N) is 1. The molecule has 1 aliphatic heterocycles. The average Bonchev–Trinajstić information content (AvgIpc) is 2.78. The van der Waals surface area contributed by atoms with Crippen LogP contribution in [-0.2, 0) is 11.3 Å². The quantitative estimate of drug-likeness (QED) is 0.831. The molecule has 1 aliphatic rings. The number of hydrogen-bond donors (Lipinski definition) is 1. The molecular weight excluding hydrogens is 250 g/mol. The molecule has 0 amide bonds. The van der Waals surface area contributed by atoms with E-state index < -0.39 is 0 Å². The Morgan fingerprint density at radius 3 is 3.17 bits per heavy atom. The van der Waals surface area contributed by atoms with Crippen molar-refractivity contribution in [3.8, 4) is 0 Å². The third-order valence-corrected chi connectivity index (χ3v) is 3.97. The van der Waals surface area contributed by atoms with Crippen molar-refractivity contribution in [2.45, 2.75) is 49.7 Å². The first-order chi connectivity index (χ1) is 8.75. The molecule has 1 fully saturated rings. The summed E-state index contributed by atoms with van der Waals surface area (Å²) in [5, 5.41) is 16.6. The highest BCUT2D eigenvalue weighted by Gasteiger charge is 2.18. The van der Waals surface area contributed by atoms with Crippen molar-refractivity contribution in [3.05, 3.63) is 0 Å². The molecule has 1 saturated heterocycles. The van der Waals surface area contributed by atoms with Crippen molar-refractivity contribution >= 4 is 11.8 Å². The van der Waals surface area contributed by atoms with E-state index in [0.717, 1.165) is 37.9 Å². The second-order valence-corrected chi connectivity index (χ2v) is 6.02. The zero-order chi connectivity index (χ0) is 12.8. The molecule has 0 radical (unpaired) electrons. The van der Waals surface area contributed by atoms with Gasteiger partial charge in [-0.1, -0.05) is 25.6 Å². The lowest BCUT2D eigenvalue weighted by Gasteiger charge is -2.20. The fraction of sp³-hybridized carbons (Fsp3) is 0.909. The van der Waals surface area contributed by atoms with Crippen LogP contribution in [0.3, 0.4) is 0 Å². The van der Waals surface area contributed by atoms with Gasteiger partial charge in [0, 0.05) is 24.4 Å². The third-order valence-electron chi connectivity index (χ3n) is 2.77. The standard InChI is InChI=1S/C11H21N5OS/c1-9(2)12-5-6-16-11(13-14-15-16)18-10-4-3-7-17-8-10/h9-10,12H,3-8H2,1-2H3. The average molecular weight is 271 g/mol. The largest absolute Gasteiger partial charge is 0.380 e. The number of aromatic nitrogens is 4. The molecule has 0 spiro atoms. The second kappa shape index (κ2) is 7.06. The van der Waals surface area contributed by atoms with Gasteiger partial charge in [-0.05, 0) is 23.3 Å². The maximum Gasteiger partial charge on any atom is 0.209 e. The van der Waals surface area contributed by atoms with Gasteiger partial charge in [-0.3, -0.25) is 0 Å². The first-order valence-electron chi connectivity index (χ1n) is 6.49. The Labute approximate surface area is 112 Å². The van der Waals surface area contributed by atoms with Gasteiger partial charge in [0.05, 0.1) is 13.2 Å². The fourth-order valence-corrected chi connectivity index (χ4v) is 2.91. The first-order valence-corrected chi connectivity index (χ1v) is 7.37. The maximum absolute atomic E-state index is 5.47. The third kappa shape index (κ3) is 4.22. The molecular formula is C11H21N5OS. The van der Waals surface area contributed by atoms with Gasteiger partial charge >= 0.3 is 0 Å². The molecule has 102 valence electrons. The molecule has 2 heterocycles. The molecule has 2 rings (SSSR count). The lowest BCUT2D eigenvalue weighted by atomic mass is 10.2. The van der Waals surface area contributed by atoms with Gasteiger partial charge in [-0.25, -0.2) is 4.68 Å². The Morgan fingerprint density at radius 2 is 2.44 bits per heavy atom. The SMILES string of the molecule is CC(C)NCCn1nnnc1SC1CCCOC1. The monoisotopic (exact) mass is 271 g/mol. The van der Waals surface area contributed by atoms with Crippen LogP contribution in [-0.4, -0.2) is 51.3 Å². The van der Waals surface area contributed by atoms with Crippen molar-refractivity contribution in [1.29, 1.82) is 0 Å². The van der Waals surface area contributed by atoms with E-state index in [1.54, 1.807) is 11.8 Å². The Kier molecular flexibility index (Phi) is 5.40. The Bertz CT molecular complexity index is 351. The van der Waals surface area contributed by atoms with E-state index in [2.05, 4.69) is 34.7 Å². The number of nitrogens with zero attached hydrogens (tertiary/aromatic N) is 4. The van der Waals surface area contributed by atoms with Crippen LogP contribution in [0.25, 0.3) is 0 Å². The summed E-state index contributed by atoms with van der Waals surface area (Å²) >= 11 is 1.73. The zero-order valence-electron chi connectivity index (χ0n) is 11.0. The van der Waals surface area contributed by atoms with Gasteiger partial charge in [0.1, 0.15) is 0 Å². The fourth-order valence-electron chi connectivity index (χ4n) is 1.83. The Balaban J connectivity index is 1.82. The second-order valence-electron chi connectivity index (χ2n) is 4.75. The van der Waals surface area contributed by atoms with Crippen molar-refractivity contribution in [2.75, 3.05) is 19.8 Å². The maximum atomic E-state index is 5.47. The highest BCUT2D eigenvalue weighted by molar-refractivity contribution is 7.99. The highest BCUT2D eigenvalue weighted by Crippen LogP contribution is 2.26. The van der Waals surface area contributed by atoms with Crippen LogP contribution in [0.5, 0.6) is 0 Å². The summed E-state index contributed by atoms with van der Waals surface area (Å²) in [5.41, 5.74) is 0. The minimum atomic E-state index is 0.488. The van der Waals surface area contributed by atoms with Gasteiger partial charge in [0.2, 0.25) is 5.16 Å². The minimum absolute atomic E-state index is 0.488. The molecule has 6 nitrogen and oxygen atoms in total. The molecule has 1 N–H and O–H groups in total. The van der Waals surface area contributed by atoms with Gasteiger partial charge in [-0.2, -0.15) is 0 Å². The molecule has 0 aliphatic carbocycles. The summed E-state index contributed by atoms with van der Waals surface area (Å²) in [4.78, 5) is 0. The molecule has 7 heteroatoms. The van der Waals surface area contributed by atoms with Gasteiger partial charge in [0.25, 0.3) is 0 Å². The van der Waals surface area contributed by atoms with E-state index >= 15 is 0 Å². The number of hydrogen-bond acceptors (Lipinski definition) is 6. The summed E-state index contributed by atoms with van der Waals surface area (Å²) in [7, 11) is 0. The van der Waals surface area contributed by atoms with Crippen molar-refractivity contribution in [3.63, 3.8) is 0 Å². The van der Waals surface area contributed by atoms with Crippen LogP contribution in [0.2, 0.25) is 0 Å². The minimum Gasteiger partial charge on any atom is -0.380 e. The van der Waals surface area contributed by atoms with Crippen molar-refractivity contribution < 1.29 is 4.74 Å². The summed E-state index contributed by atoms with van der Waals surface area (Å²) in [5.74, 6) is 0. The van der Waals surface area contributed by atoms with E-state index in [1.165, 1.54) is 6.42 Å². The van der Waals surface area contributed by atoms with E-state index in [9.17, 15) is 0 Å². The number of thioether (sulfide) groups is 1. The van der Waals surface area contributed by atoms with Crippen LogP contribution in [0, 0.1) is 0 Å². The lowest BCUT2D eigenvalue weighted by Crippen LogP contribution is -2.27. The van der Waals surface area contributed by atoms with E-state index in [1.807, 2.05) is 4.68 Å².